The third-order valence-electron chi connectivity index (χ3n) is 3.31. The molecule has 0 spiro atoms. The van der Waals surface area contributed by atoms with E-state index in [1.165, 1.54) is 12.4 Å². The van der Waals surface area contributed by atoms with Gasteiger partial charge in [0.2, 0.25) is 16.0 Å². The van der Waals surface area contributed by atoms with Crippen molar-refractivity contribution < 1.29 is 8.42 Å². The van der Waals surface area contributed by atoms with Crippen molar-refractivity contribution in [2.45, 2.75) is 44.0 Å². The SMILES string of the molecule is CCNc1ncc(S(=O)(=O)N2CCCCC2C)cn1. The Morgan fingerprint density at radius 2 is 2.05 bits per heavy atom. The Labute approximate surface area is 114 Å². The lowest BCUT2D eigenvalue weighted by atomic mass is 10.1. The molecule has 0 aliphatic carbocycles. The van der Waals surface area contributed by atoms with Crippen LogP contribution < -0.4 is 5.32 Å². The summed E-state index contributed by atoms with van der Waals surface area (Å²) < 4.78 is 26.5. The standard InChI is InChI=1S/C12H20N4O2S/c1-3-13-12-14-8-11(9-15-12)19(17,18)16-7-5-4-6-10(16)2/h8-10H,3-7H2,1-2H3,(H,13,14,15). The molecule has 1 aliphatic rings. The molecule has 0 saturated carbocycles. The molecule has 1 unspecified atom stereocenters. The molecule has 0 amide bonds. The maximum Gasteiger partial charge on any atom is 0.246 e. The van der Waals surface area contributed by atoms with Gasteiger partial charge in [0.25, 0.3) is 0 Å². The van der Waals surface area contributed by atoms with E-state index in [0.29, 0.717) is 19.0 Å². The maximum absolute atomic E-state index is 12.5. The molecule has 1 atom stereocenters. The van der Waals surface area contributed by atoms with Gasteiger partial charge in [-0.15, -0.1) is 0 Å². The summed E-state index contributed by atoms with van der Waals surface area (Å²) in [4.78, 5) is 8.22. The van der Waals surface area contributed by atoms with Crippen LogP contribution in [-0.2, 0) is 10.0 Å². The largest absolute Gasteiger partial charge is 0.355 e. The first-order valence-electron chi connectivity index (χ1n) is 6.63. The zero-order chi connectivity index (χ0) is 13.9. The quantitative estimate of drug-likeness (QED) is 0.906. The Bertz CT molecular complexity index is 515. The highest BCUT2D eigenvalue weighted by Crippen LogP contribution is 2.24. The first kappa shape index (κ1) is 14.2. The van der Waals surface area contributed by atoms with Crippen molar-refractivity contribution in [3.63, 3.8) is 0 Å². The third-order valence-corrected chi connectivity index (χ3v) is 5.28. The molecule has 0 aromatic carbocycles. The highest BCUT2D eigenvalue weighted by atomic mass is 32.2. The average molecular weight is 284 g/mol. The zero-order valence-corrected chi connectivity index (χ0v) is 12.2. The normalized spacial score (nSPS) is 21.3. The summed E-state index contributed by atoms with van der Waals surface area (Å²) in [5.41, 5.74) is 0. The lowest BCUT2D eigenvalue weighted by Crippen LogP contribution is -2.42. The summed E-state index contributed by atoms with van der Waals surface area (Å²) in [5.74, 6) is 0.452. The van der Waals surface area contributed by atoms with Gasteiger partial charge in [-0.05, 0) is 26.7 Å². The average Bonchev–Trinajstić information content (AvgIpc) is 2.40. The smallest absolute Gasteiger partial charge is 0.246 e. The fourth-order valence-corrected chi connectivity index (χ4v) is 3.85. The highest BCUT2D eigenvalue weighted by molar-refractivity contribution is 7.89. The topological polar surface area (TPSA) is 75.2 Å². The number of nitrogens with zero attached hydrogens (tertiary/aromatic N) is 3. The van der Waals surface area contributed by atoms with Gasteiger partial charge in [0, 0.05) is 19.1 Å². The van der Waals surface area contributed by atoms with E-state index in [9.17, 15) is 8.42 Å². The molecule has 6 nitrogen and oxygen atoms in total. The monoisotopic (exact) mass is 284 g/mol. The molecule has 1 N–H and O–H groups in total. The van der Waals surface area contributed by atoms with E-state index in [4.69, 9.17) is 0 Å². The predicted molar refractivity (Wildman–Crippen MR) is 73.4 cm³/mol. The fourth-order valence-electron chi connectivity index (χ4n) is 2.26. The number of piperidine rings is 1. The molecule has 2 heterocycles. The van der Waals surface area contributed by atoms with Crippen LogP contribution in [0.1, 0.15) is 33.1 Å². The van der Waals surface area contributed by atoms with Crippen LogP contribution in [0.25, 0.3) is 0 Å². The number of sulfonamides is 1. The van der Waals surface area contributed by atoms with Crippen LogP contribution in [0, 0.1) is 0 Å². The van der Waals surface area contributed by atoms with E-state index < -0.39 is 10.0 Å². The Hall–Kier alpha value is -1.21. The van der Waals surface area contributed by atoms with Gasteiger partial charge in [-0.1, -0.05) is 6.42 Å². The van der Waals surface area contributed by atoms with Crippen molar-refractivity contribution in [1.82, 2.24) is 14.3 Å². The number of rotatable bonds is 4. The van der Waals surface area contributed by atoms with Crippen LogP contribution in [0.5, 0.6) is 0 Å². The van der Waals surface area contributed by atoms with Crippen LogP contribution in [0.15, 0.2) is 17.3 Å². The van der Waals surface area contributed by atoms with Gasteiger partial charge in [-0.3, -0.25) is 0 Å². The van der Waals surface area contributed by atoms with Gasteiger partial charge in [0.05, 0.1) is 12.4 Å². The Kier molecular flexibility index (Phi) is 4.36. The number of hydrogen-bond donors (Lipinski definition) is 1. The Morgan fingerprint density at radius 3 is 2.63 bits per heavy atom. The number of nitrogens with one attached hydrogen (secondary N) is 1. The summed E-state index contributed by atoms with van der Waals surface area (Å²) in [6, 6.07) is 0.0483. The van der Waals surface area contributed by atoms with Gasteiger partial charge in [0.15, 0.2) is 0 Å². The van der Waals surface area contributed by atoms with E-state index in [1.54, 1.807) is 4.31 Å². The fraction of sp³-hybridized carbons (Fsp3) is 0.667. The second kappa shape index (κ2) is 5.83. The second-order valence-electron chi connectivity index (χ2n) is 4.73. The molecular weight excluding hydrogens is 264 g/mol. The summed E-state index contributed by atoms with van der Waals surface area (Å²) in [6.07, 6.45) is 5.67. The molecule has 7 heteroatoms. The van der Waals surface area contributed by atoms with Gasteiger partial charge in [-0.25, -0.2) is 18.4 Å². The molecule has 1 saturated heterocycles. The van der Waals surface area contributed by atoms with Crippen molar-refractivity contribution >= 4 is 16.0 Å². The summed E-state index contributed by atoms with van der Waals surface area (Å²) in [6.45, 7) is 5.17. The van der Waals surface area contributed by atoms with Crippen LogP contribution >= 0.6 is 0 Å². The molecule has 1 aromatic heterocycles. The van der Waals surface area contributed by atoms with E-state index >= 15 is 0 Å². The van der Waals surface area contributed by atoms with E-state index in [0.717, 1.165) is 19.3 Å². The molecule has 1 aromatic rings. The van der Waals surface area contributed by atoms with E-state index in [-0.39, 0.29) is 10.9 Å². The summed E-state index contributed by atoms with van der Waals surface area (Å²) >= 11 is 0. The van der Waals surface area contributed by atoms with Crippen molar-refractivity contribution in [1.29, 1.82) is 0 Å². The molecule has 106 valence electrons. The highest BCUT2D eigenvalue weighted by Gasteiger charge is 2.31. The van der Waals surface area contributed by atoms with Gasteiger partial charge in [0.1, 0.15) is 4.90 Å². The van der Waals surface area contributed by atoms with E-state index in [1.807, 2.05) is 13.8 Å². The zero-order valence-electron chi connectivity index (χ0n) is 11.3. The Balaban J connectivity index is 2.23. The first-order chi connectivity index (χ1) is 9.05. The molecule has 1 fully saturated rings. The molecule has 0 bridgehead atoms. The molecule has 2 rings (SSSR count). The van der Waals surface area contributed by atoms with Crippen molar-refractivity contribution in [2.75, 3.05) is 18.4 Å². The lowest BCUT2D eigenvalue weighted by molar-refractivity contribution is 0.268. The first-order valence-corrected chi connectivity index (χ1v) is 8.07. The van der Waals surface area contributed by atoms with Crippen LogP contribution in [-0.4, -0.2) is 41.8 Å². The summed E-state index contributed by atoms with van der Waals surface area (Å²) in [7, 11) is -3.46. The third kappa shape index (κ3) is 3.03. The second-order valence-corrected chi connectivity index (χ2v) is 6.62. The van der Waals surface area contributed by atoms with Crippen molar-refractivity contribution in [3.05, 3.63) is 12.4 Å². The minimum Gasteiger partial charge on any atom is -0.355 e. The van der Waals surface area contributed by atoms with Crippen LogP contribution in [0.4, 0.5) is 5.95 Å². The minimum atomic E-state index is -3.46. The van der Waals surface area contributed by atoms with Crippen molar-refractivity contribution in [2.24, 2.45) is 0 Å². The maximum atomic E-state index is 12.5. The van der Waals surface area contributed by atoms with Gasteiger partial charge in [-0.2, -0.15) is 4.31 Å². The van der Waals surface area contributed by atoms with Crippen LogP contribution in [0.2, 0.25) is 0 Å². The number of anilines is 1. The predicted octanol–water partition coefficient (Wildman–Crippen LogP) is 1.47. The number of hydrogen-bond acceptors (Lipinski definition) is 5. The summed E-state index contributed by atoms with van der Waals surface area (Å²) in [5, 5.41) is 2.94. The number of aromatic nitrogens is 2. The minimum absolute atomic E-state index is 0.0483. The molecule has 1 aliphatic heterocycles. The van der Waals surface area contributed by atoms with Gasteiger partial charge < -0.3 is 5.32 Å². The molecular formula is C12H20N4O2S. The van der Waals surface area contributed by atoms with Crippen LogP contribution in [0.3, 0.4) is 0 Å². The van der Waals surface area contributed by atoms with E-state index in [2.05, 4.69) is 15.3 Å². The van der Waals surface area contributed by atoms with Crippen molar-refractivity contribution in [3.8, 4) is 0 Å². The van der Waals surface area contributed by atoms with Gasteiger partial charge >= 0.3 is 0 Å². The molecule has 19 heavy (non-hydrogen) atoms. The Morgan fingerprint density at radius 1 is 1.37 bits per heavy atom. The molecule has 0 radical (unpaired) electrons. The lowest BCUT2D eigenvalue weighted by Gasteiger charge is -2.32.